The third-order valence-electron chi connectivity index (χ3n) is 27.1. The largest absolute Gasteiger partial charge is 0.497 e. The van der Waals surface area contributed by atoms with Crippen LogP contribution in [0.5, 0.6) is 17.2 Å². The fraction of sp³-hybridized carbons (Fsp3) is 0.547. The molecule has 6 N–H and O–H groups in total. The first-order valence-corrected chi connectivity index (χ1v) is 48.9. The molecule has 3 fully saturated rings. The third-order valence-corrected chi connectivity index (χ3v) is 27.1. The number of carbonyl (C=O) groups excluding carboxylic acids is 8. The van der Waals surface area contributed by atoms with Gasteiger partial charge in [-0.2, -0.15) is 0 Å². The minimum atomic E-state index is -1.10. The van der Waals surface area contributed by atoms with Crippen LogP contribution < -0.4 is 40.8 Å². The van der Waals surface area contributed by atoms with Crippen LogP contribution in [0.1, 0.15) is 216 Å². The molecule has 0 bridgehead atoms. The number of β-amino-alcohol motifs (C(OH)–C–C–N with tert-alkyl or cyclic N) is 1. The van der Waals surface area contributed by atoms with Crippen molar-refractivity contribution in [1.29, 1.82) is 0 Å². The summed E-state index contributed by atoms with van der Waals surface area (Å²) in [5, 5.41) is 43.5. The second-order valence-corrected chi connectivity index (χ2v) is 37.3. The van der Waals surface area contributed by atoms with Gasteiger partial charge in [0.25, 0.3) is 0 Å². The molecule has 30 nitrogen and oxygen atoms in total. The number of nitrogens with zero attached hydrogens (tertiary/aromatic N) is 7. The summed E-state index contributed by atoms with van der Waals surface area (Å²) in [7, 11) is 4.88. The van der Waals surface area contributed by atoms with E-state index in [9.17, 15) is 43.5 Å². The van der Waals surface area contributed by atoms with Gasteiger partial charge in [-0.05, 0) is 172 Å². The van der Waals surface area contributed by atoms with Gasteiger partial charge in [-0.15, -0.1) is 10.2 Å². The van der Waals surface area contributed by atoms with E-state index in [1.165, 1.54) is 0 Å². The molecule has 12 unspecified atom stereocenters. The van der Waals surface area contributed by atoms with Crippen LogP contribution in [-0.2, 0) is 80.7 Å². The molecule has 3 aliphatic heterocycles. The van der Waals surface area contributed by atoms with Gasteiger partial charge in [-0.25, -0.2) is 14.2 Å². The van der Waals surface area contributed by atoms with E-state index in [4.69, 9.17) is 42.6 Å². The molecule has 0 saturated carbocycles. The lowest BCUT2D eigenvalue weighted by atomic mass is 9.79. The van der Waals surface area contributed by atoms with Crippen LogP contribution in [0.25, 0.3) is 22.5 Å². The second kappa shape index (κ2) is 54.0. The molecule has 0 spiro atoms. The number of aliphatic hydroxyl groups excluding tert-OH is 1. The second-order valence-electron chi connectivity index (χ2n) is 37.3. The van der Waals surface area contributed by atoms with Gasteiger partial charge in [0, 0.05) is 94.1 Å². The summed E-state index contributed by atoms with van der Waals surface area (Å²) in [6.45, 7) is 19.7. The number of likely N-dealkylation sites (tertiary alicyclic amines) is 1. The molecular weight excluding hydrogens is 1730 g/mol. The zero-order valence-corrected chi connectivity index (χ0v) is 81.3. The number of esters is 1. The average Bonchev–Trinajstić information content (AvgIpc) is 0.983. The van der Waals surface area contributed by atoms with Gasteiger partial charge >= 0.3 is 5.97 Å². The molecule has 6 amide bonds. The number of aromatic nitrogens is 6. The fourth-order valence-corrected chi connectivity index (χ4v) is 18.0. The number of nitrogens with one attached hydrogen (secondary N) is 5. The number of hydrogen-bond donors (Lipinski definition) is 6. The third kappa shape index (κ3) is 31.6. The molecule has 3 saturated heterocycles. The highest BCUT2D eigenvalue weighted by Crippen LogP contribution is 2.44. The number of carbonyl (C=O) groups is 8. The summed E-state index contributed by atoms with van der Waals surface area (Å²) in [6, 6.07) is 48.5. The highest BCUT2D eigenvalue weighted by Gasteiger charge is 2.45. The normalized spacial score (nSPS) is 20.6. The number of benzene rings is 6. The quantitative estimate of drug-likeness (QED) is 0.0117. The van der Waals surface area contributed by atoms with Crippen molar-refractivity contribution in [3.63, 3.8) is 0 Å². The van der Waals surface area contributed by atoms with Gasteiger partial charge in [-0.3, -0.25) is 33.6 Å². The van der Waals surface area contributed by atoms with Crippen molar-refractivity contribution in [1.82, 2.24) is 61.5 Å². The smallest absolute Gasteiger partial charge is 0.338 e. The Balaban J connectivity index is 0.601. The Morgan fingerprint density at radius 2 is 0.985 bits per heavy atom. The number of rotatable bonds is 56. The highest BCUT2D eigenvalue weighted by atomic mass is 16.7. The highest BCUT2D eigenvalue weighted by molar-refractivity contribution is 5.90. The summed E-state index contributed by atoms with van der Waals surface area (Å²) in [5.74, 6) is 1.14. The Hall–Kier alpha value is -11.3. The van der Waals surface area contributed by atoms with E-state index in [1.54, 1.807) is 61.2 Å². The van der Waals surface area contributed by atoms with Crippen molar-refractivity contribution in [3.8, 4) is 39.8 Å². The molecule has 2 aromatic heterocycles. The van der Waals surface area contributed by atoms with Crippen LogP contribution >= 0.6 is 0 Å². The molecule has 15 atom stereocenters. The summed E-state index contributed by atoms with van der Waals surface area (Å²) in [4.78, 5) is 110. The molecule has 0 aliphatic carbocycles. The molecule has 5 heterocycles. The van der Waals surface area contributed by atoms with E-state index in [1.807, 2.05) is 152 Å². The van der Waals surface area contributed by atoms with Crippen molar-refractivity contribution in [2.45, 2.75) is 258 Å². The number of methoxy groups -OCH3 is 3. The van der Waals surface area contributed by atoms with Gasteiger partial charge in [-0.1, -0.05) is 193 Å². The molecular formula is C106H144N12O18. The summed E-state index contributed by atoms with van der Waals surface area (Å²) < 4.78 is 59.3. The number of unbranched alkanes of at least 4 members (excludes halogenated alkanes) is 8. The van der Waals surface area contributed by atoms with Crippen molar-refractivity contribution in [2.24, 2.45) is 41.4 Å². The molecule has 136 heavy (non-hydrogen) atoms. The number of aliphatic hydroxyl groups is 1. The van der Waals surface area contributed by atoms with E-state index in [2.05, 4.69) is 94.8 Å². The number of ketones is 1. The van der Waals surface area contributed by atoms with Crippen LogP contribution in [0.4, 0.5) is 0 Å². The molecule has 6 aromatic carbocycles. The van der Waals surface area contributed by atoms with E-state index in [0.29, 0.717) is 139 Å². The minimum Gasteiger partial charge on any atom is -0.497 e. The molecule has 736 valence electrons. The van der Waals surface area contributed by atoms with Gasteiger partial charge in [0.1, 0.15) is 52.2 Å². The lowest BCUT2D eigenvalue weighted by Crippen LogP contribution is -2.48. The number of Topliss-reactive ketones (excluding diaryl/α,β-unsaturated/α-hetero) is 1. The predicted molar refractivity (Wildman–Crippen MR) is 517 cm³/mol. The fourth-order valence-electron chi connectivity index (χ4n) is 18.0. The van der Waals surface area contributed by atoms with E-state index in [-0.39, 0.29) is 160 Å². The zero-order valence-electron chi connectivity index (χ0n) is 81.3. The Morgan fingerprint density at radius 1 is 0.493 bits per heavy atom. The standard InChI is InChI=1S/C106H144N12O18/c1-71-32-30-35-80(58-71)93-64-116(114-112-93)67-96-76(6)74(4)78(8)105(136-96)132-70-91(134-103(127)79-33-18-14-19-34-79)62-110-98(122)43-24-17-29-57-108-102(126)92(54-55-99(123)107-56-28-16-23-42-97(121)109-61-72(2)68-131-104-77(7)73(3)75(5)95(135-104)66-117-65-94(113-115-117)81-36-31-41-90(59-81)130-11)111-100(124)44-27-26-40-86(119)39-22-12-13-25-45-101(125)118-63-87(120)60-85(118)69-133-106(82-37-20-15-21-38-82,83-46-50-88(128-9)51-47-83)84-48-52-89(129-10)53-49-84/h14-15,18-21,30-38,41,46-53,58-59,64-65,72-78,85,87,91-92,95-96,104-105,120H,12-13,16-17,22-29,39-40,42-45,54-57,60-63,66-70H2,1-11H3,(H,107,123)(H,108,126)(H,109,121)(H,110,122)(H,111,124)/t72?,73?,74?,75?,76?,77?,78?,85-,87+,91?,92-,95?,96?,104?,105?/m0/s1. The first-order chi connectivity index (χ1) is 65.8. The number of hydrogen-bond acceptors (Lipinski definition) is 22. The topological polar surface area (TPSA) is 365 Å². The van der Waals surface area contributed by atoms with Crippen molar-refractivity contribution in [2.75, 3.05) is 73.9 Å². The molecule has 0 radical (unpaired) electrons. The molecule has 30 heteroatoms. The van der Waals surface area contributed by atoms with Crippen molar-refractivity contribution < 1.29 is 86.1 Å². The van der Waals surface area contributed by atoms with Crippen LogP contribution in [0.15, 0.2) is 170 Å². The van der Waals surface area contributed by atoms with E-state index < -0.39 is 48.3 Å². The van der Waals surface area contributed by atoms with Crippen LogP contribution in [0.2, 0.25) is 0 Å². The maximum atomic E-state index is 14.0. The molecule has 11 rings (SSSR count). The van der Waals surface area contributed by atoms with Crippen molar-refractivity contribution in [3.05, 3.63) is 198 Å². The Bertz CT molecular complexity index is 4990. The minimum absolute atomic E-state index is 0.0186. The molecule has 8 aromatic rings. The Labute approximate surface area is 801 Å². The van der Waals surface area contributed by atoms with Crippen LogP contribution in [-0.4, -0.2) is 210 Å². The monoisotopic (exact) mass is 1870 g/mol. The first-order valence-electron chi connectivity index (χ1n) is 48.9. The zero-order chi connectivity index (χ0) is 96.9. The number of ether oxygens (including phenoxy) is 9. The van der Waals surface area contributed by atoms with Gasteiger partial charge in [0.05, 0.1) is 103 Å². The number of amides is 6. The summed E-state index contributed by atoms with van der Waals surface area (Å²) >= 11 is 0. The molecule has 3 aliphatic rings. The lowest BCUT2D eigenvalue weighted by molar-refractivity contribution is -0.256. The van der Waals surface area contributed by atoms with Gasteiger partial charge in [0.2, 0.25) is 35.4 Å². The first kappa shape index (κ1) is 105. The van der Waals surface area contributed by atoms with E-state index in [0.717, 1.165) is 63.4 Å². The Kier molecular flexibility index (Phi) is 41.8. The van der Waals surface area contributed by atoms with Gasteiger partial charge < -0.3 is 79.2 Å². The van der Waals surface area contributed by atoms with Crippen LogP contribution in [0, 0.1) is 48.3 Å². The predicted octanol–water partition coefficient (Wildman–Crippen LogP) is 14.7. The lowest BCUT2D eigenvalue weighted by Gasteiger charge is -2.43. The van der Waals surface area contributed by atoms with Crippen molar-refractivity contribution >= 4 is 47.2 Å². The summed E-state index contributed by atoms with van der Waals surface area (Å²) in [6.07, 6.45) is 9.63. The van der Waals surface area contributed by atoms with E-state index >= 15 is 0 Å². The number of aryl methyl sites for hydroxylation is 1. The Morgan fingerprint density at radius 3 is 1.57 bits per heavy atom. The van der Waals surface area contributed by atoms with Crippen LogP contribution in [0.3, 0.4) is 0 Å². The SMILES string of the molecule is COc1ccc(C(OC[C@@H]2C[C@@H](O)CN2C(=O)CCCCCCC(=O)CCCCC(=O)N[C@@H](CCC(=O)NCCCCCC(=O)NCC(C)COC2OC(Cn3cc(-c4cccc(OC)c4)nn3)C(C)C(C)C2C)C(=O)NCCCCCC(=O)NCC(COC2OC(Cn3cc(-c4cccc(C)c4)nn3)C(C)C(C)C2C)OC(=O)c2ccccc2)(c2ccccc2)c2ccc(OC)cc2)cc1. The average molecular weight is 1870 g/mol. The maximum absolute atomic E-state index is 14.0. The maximum Gasteiger partial charge on any atom is 0.338 e. The summed E-state index contributed by atoms with van der Waals surface area (Å²) in [5.41, 5.74) is 6.37. The van der Waals surface area contributed by atoms with Gasteiger partial charge in [0.15, 0.2) is 12.6 Å².